The Morgan fingerprint density at radius 2 is 1.95 bits per heavy atom. The Balaban J connectivity index is 2.45. The Kier molecular flexibility index (Phi) is 5.52. The van der Waals surface area contributed by atoms with Gasteiger partial charge in [0.05, 0.1) is 32.2 Å². The first-order valence-corrected chi connectivity index (χ1v) is 7.10. The fourth-order valence-corrected chi connectivity index (χ4v) is 2.18. The van der Waals surface area contributed by atoms with Crippen LogP contribution in [0.5, 0.6) is 0 Å². The minimum Gasteiger partial charge on any atom is -0.333 e. The van der Waals surface area contributed by atoms with Gasteiger partial charge >= 0.3 is 0 Å². The van der Waals surface area contributed by atoms with E-state index in [1.54, 1.807) is 18.7 Å². The molecule has 1 aliphatic heterocycles. The van der Waals surface area contributed by atoms with E-state index in [-0.39, 0.29) is 17.7 Å². The Morgan fingerprint density at radius 3 is 2.35 bits per heavy atom. The molecule has 0 unspecified atom stereocenters. The van der Waals surface area contributed by atoms with Gasteiger partial charge in [-0.25, -0.2) is 0 Å². The predicted octanol–water partition coefficient (Wildman–Crippen LogP) is -1.21. The molecule has 0 aromatic heterocycles. The number of carbonyl (C=O) groups excluding carboxylic acids is 2. The number of quaternary nitrogens is 1. The molecule has 1 heterocycles. The third-order valence-corrected chi connectivity index (χ3v) is 4.11. The minimum absolute atomic E-state index is 0.0565. The van der Waals surface area contributed by atoms with Crippen molar-refractivity contribution >= 4 is 11.8 Å². The van der Waals surface area contributed by atoms with E-state index in [1.165, 1.54) is 0 Å². The predicted molar refractivity (Wildman–Crippen MR) is 74.8 cm³/mol. The van der Waals surface area contributed by atoms with Crippen molar-refractivity contribution in [2.75, 3.05) is 32.7 Å². The van der Waals surface area contributed by atoms with Crippen molar-refractivity contribution < 1.29 is 14.5 Å². The summed E-state index contributed by atoms with van der Waals surface area (Å²) in [6.45, 7) is 10.4. The third-order valence-electron chi connectivity index (χ3n) is 4.11. The van der Waals surface area contributed by atoms with Crippen LogP contribution in [0.4, 0.5) is 0 Å². The lowest BCUT2D eigenvalue weighted by atomic mass is 9.90. The van der Waals surface area contributed by atoms with Crippen molar-refractivity contribution in [2.24, 2.45) is 5.92 Å². The zero-order valence-electron chi connectivity index (χ0n) is 12.8. The highest BCUT2D eigenvalue weighted by Crippen LogP contribution is 2.14. The molecule has 0 aliphatic carbocycles. The van der Waals surface area contributed by atoms with Crippen molar-refractivity contribution in [2.45, 2.75) is 33.2 Å². The molecule has 1 rings (SSSR count). The van der Waals surface area contributed by atoms with Gasteiger partial charge < -0.3 is 15.1 Å². The highest BCUT2D eigenvalue weighted by Gasteiger charge is 2.32. The van der Waals surface area contributed by atoms with Crippen LogP contribution in [-0.2, 0) is 9.59 Å². The maximum atomic E-state index is 12.0. The molecule has 2 N–H and O–H groups in total. The second-order valence-corrected chi connectivity index (χ2v) is 5.95. The SMILES string of the molecule is CC(=O)N1CC[NH+](CC(=O)N[C@@](C)(C#N)C(C)C)CC1. The number of nitriles is 1. The van der Waals surface area contributed by atoms with Gasteiger partial charge in [0.1, 0.15) is 5.54 Å². The highest BCUT2D eigenvalue weighted by atomic mass is 16.2. The van der Waals surface area contributed by atoms with E-state index in [4.69, 9.17) is 0 Å². The standard InChI is InChI=1S/C14H24N4O2/c1-11(2)14(4,10-15)16-13(20)9-17-5-7-18(8-6-17)12(3)19/h11H,5-9H2,1-4H3,(H,16,20)/p+1/t14-/m0/s1. The highest BCUT2D eigenvalue weighted by molar-refractivity contribution is 5.78. The van der Waals surface area contributed by atoms with Gasteiger partial charge in [-0.3, -0.25) is 9.59 Å². The molecule has 6 heteroatoms. The van der Waals surface area contributed by atoms with Crippen LogP contribution in [-0.4, -0.2) is 55.0 Å². The quantitative estimate of drug-likeness (QED) is 0.678. The van der Waals surface area contributed by atoms with Crippen LogP contribution < -0.4 is 10.2 Å². The Hall–Kier alpha value is -1.61. The van der Waals surface area contributed by atoms with E-state index in [0.29, 0.717) is 19.6 Å². The molecule has 0 radical (unpaired) electrons. The monoisotopic (exact) mass is 281 g/mol. The van der Waals surface area contributed by atoms with Gasteiger partial charge in [-0.1, -0.05) is 13.8 Å². The summed E-state index contributed by atoms with van der Waals surface area (Å²) in [4.78, 5) is 26.2. The van der Waals surface area contributed by atoms with Gasteiger partial charge in [0.25, 0.3) is 5.91 Å². The summed E-state index contributed by atoms with van der Waals surface area (Å²) in [5.74, 6) is 0.0420. The molecule has 1 fully saturated rings. The first kappa shape index (κ1) is 16.4. The smallest absolute Gasteiger partial charge is 0.276 e. The largest absolute Gasteiger partial charge is 0.333 e. The summed E-state index contributed by atoms with van der Waals surface area (Å²) in [5, 5.41) is 12.0. The van der Waals surface area contributed by atoms with Crippen LogP contribution in [0.3, 0.4) is 0 Å². The van der Waals surface area contributed by atoms with E-state index >= 15 is 0 Å². The van der Waals surface area contributed by atoms with E-state index in [2.05, 4.69) is 11.4 Å². The number of piperazine rings is 1. The van der Waals surface area contributed by atoms with Crippen molar-refractivity contribution in [3.63, 3.8) is 0 Å². The van der Waals surface area contributed by atoms with Crippen LogP contribution in [0.15, 0.2) is 0 Å². The summed E-state index contributed by atoms with van der Waals surface area (Å²) in [5.41, 5.74) is -0.822. The van der Waals surface area contributed by atoms with Gasteiger partial charge in [0.2, 0.25) is 5.91 Å². The summed E-state index contributed by atoms with van der Waals surface area (Å²) >= 11 is 0. The fraction of sp³-hybridized carbons (Fsp3) is 0.786. The zero-order chi connectivity index (χ0) is 15.3. The van der Waals surface area contributed by atoms with Crippen molar-refractivity contribution in [3.05, 3.63) is 0 Å². The van der Waals surface area contributed by atoms with E-state index in [1.807, 2.05) is 13.8 Å². The maximum absolute atomic E-state index is 12.0. The molecule has 6 nitrogen and oxygen atoms in total. The lowest BCUT2D eigenvalue weighted by Gasteiger charge is -2.32. The molecule has 1 atom stereocenters. The molecule has 0 aromatic carbocycles. The molecule has 0 saturated carbocycles. The maximum Gasteiger partial charge on any atom is 0.276 e. The first-order chi connectivity index (χ1) is 9.28. The number of amides is 2. The molecule has 1 saturated heterocycles. The number of rotatable bonds is 4. The fourth-order valence-electron chi connectivity index (χ4n) is 2.18. The average Bonchev–Trinajstić information content (AvgIpc) is 2.38. The molecular formula is C14H25N4O2+. The van der Waals surface area contributed by atoms with Crippen molar-refractivity contribution in [1.29, 1.82) is 5.26 Å². The number of nitrogens with zero attached hydrogens (tertiary/aromatic N) is 2. The minimum atomic E-state index is -0.822. The summed E-state index contributed by atoms with van der Waals surface area (Å²) in [6, 6.07) is 2.17. The van der Waals surface area contributed by atoms with Crippen molar-refractivity contribution in [3.8, 4) is 6.07 Å². The number of hydrogen-bond acceptors (Lipinski definition) is 3. The van der Waals surface area contributed by atoms with Gasteiger partial charge in [0.15, 0.2) is 6.54 Å². The second kappa shape index (κ2) is 6.71. The van der Waals surface area contributed by atoms with E-state index < -0.39 is 5.54 Å². The van der Waals surface area contributed by atoms with Gasteiger partial charge in [0, 0.05) is 6.92 Å². The molecule has 0 aromatic rings. The van der Waals surface area contributed by atoms with Gasteiger partial charge in [-0.2, -0.15) is 5.26 Å². The zero-order valence-corrected chi connectivity index (χ0v) is 12.8. The van der Waals surface area contributed by atoms with Crippen LogP contribution in [0.2, 0.25) is 0 Å². The Morgan fingerprint density at radius 1 is 1.40 bits per heavy atom. The summed E-state index contributed by atoms with van der Waals surface area (Å²) in [6.07, 6.45) is 0. The van der Waals surface area contributed by atoms with Crippen LogP contribution >= 0.6 is 0 Å². The topological polar surface area (TPSA) is 77.6 Å². The average molecular weight is 281 g/mol. The van der Waals surface area contributed by atoms with Crippen LogP contribution in [0, 0.1) is 17.2 Å². The van der Waals surface area contributed by atoms with E-state index in [0.717, 1.165) is 18.0 Å². The third kappa shape index (κ3) is 4.20. The van der Waals surface area contributed by atoms with Gasteiger partial charge in [-0.15, -0.1) is 0 Å². The molecular weight excluding hydrogens is 256 g/mol. The lowest BCUT2D eigenvalue weighted by molar-refractivity contribution is -0.896. The second-order valence-electron chi connectivity index (χ2n) is 5.95. The van der Waals surface area contributed by atoms with Crippen molar-refractivity contribution in [1.82, 2.24) is 10.2 Å². The molecule has 1 aliphatic rings. The van der Waals surface area contributed by atoms with E-state index in [9.17, 15) is 14.9 Å². The Bertz CT molecular complexity index is 408. The van der Waals surface area contributed by atoms with Gasteiger partial charge in [-0.05, 0) is 12.8 Å². The number of hydrogen-bond donors (Lipinski definition) is 2. The molecule has 0 bridgehead atoms. The first-order valence-electron chi connectivity index (χ1n) is 7.10. The molecule has 0 spiro atoms. The summed E-state index contributed by atoms with van der Waals surface area (Å²) in [7, 11) is 0. The lowest BCUT2D eigenvalue weighted by Crippen LogP contribution is -3.16. The molecule has 20 heavy (non-hydrogen) atoms. The normalized spacial score (nSPS) is 19.3. The number of nitrogens with one attached hydrogen (secondary N) is 2. The van der Waals surface area contributed by atoms with Crippen LogP contribution in [0.25, 0.3) is 0 Å². The number of carbonyl (C=O) groups is 2. The van der Waals surface area contributed by atoms with Crippen LogP contribution in [0.1, 0.15) is 27.7 Å². The Labute approximate surface area is 120 Å². The molecule has 112 valence electrons. The summed E-state index contributed by atoms with van der Waals surface area (Å²) < 4.78 is 0. The molecule has 2 amide bonds.